The van der Waals surface area contributed by atoms with Gasteiger partial charge in [0.15, 0.2) is 0 Å². The number of nitrogens with one attached hydrogen (secondary N) is 1. The number of benzene rings is 1. The normalized spacial score (nSPS) is 28.2. The fourth-order valence-electron chi connectivity index (χ4n) is 3.13. The van der Waals surface area contributed by atoms with E-state index < -0.39 is 0 Å². The Hall–Kier alpha value is -0.860. The summed E-state index contributed by atoms with van der Waals surface area (Å²) in [5.74, 6) is 0.942. The first-order valence-corrected chi connectivity index (χ1v) is 7.17. The lowest BCUT2D eigenvalue weighted by Gasteiger charge is -2.45. The highest BCUT2D eigenvalue weighted by atomic mass is 15.3. The Labute approximate surface area is 110 Å². The van der Waals surface area contributed by atoms with Gasteiger partial charge in [-0.25, -0.2) is 0 Å². The summed E-state index contributed by atoms with van der Waals surface area (Å²) < 4.78 is 0. The molecule has 1 saturated carbocycles. The number of hydrogen-bond donors (Lipinski definition) is 1. The number of nitrogens with zero attached hydrogens (tertiary/aromatic N) is 1. The van der Waals surface area contributed by atoms with E-state index in [4.69, 9.17) is 0 Å². The van der Waals surface area contributed by atoms with E-state index in [2.05, 4.69) is 54.4 Å². The lowest BCUT2D eigenvalue weighted by molar-refractivity contribution is 0.0759. The molecule has 1 saturated heterocycles. The van der Waals surface area contributed by atoms with Crippen molar-refractivity contribution < 1.29 is 0 Å². The Balaban J connectivity index is 1.73. The van der Waals surface area contributed by atoms with E-state index in [1.54, 1.807) is 0 Å². The first kappa shape index (κ1) is 12.2. The molecule has 0 radical (unpaired) electrons. The van der Waals surface area contributed by atoms with Crippen molar-refractivity contribution in [3.8, 4) is 0 Å². The Bertz CT molecular complexity index is 395. The average molecular weight is 244 g/mol. The van der Waals surface area contributed by atoms with Gasteiger partial charge in [-0.1, -0.05) is 30.3 Å². The first-order valence-electron chi connectivity index (χ1n) is 7.17. The van der Waals surface area contributed by atoms with Gasteiger partial charge in [-0.3, -0.25) is 4.90 Å². The summed E-state index contributed by atoms with van der Waals surface area (Å²) >= 11 is 0. The van der Waals surface area contributed by atoms with E-state index >= 15 is 0 Å². The lowest BCUT2D eigenvalue weighted by atomic mass is 9.96. The molecular formula is C16H24N2. The Morgan fingerprint density at radius 3 is 2.61 bits per heavy atom. The molecule has 1 N–H and O–H groups in total. The fraction of sp³-hybridized carbons (Fsp3) is 0.625. The van der Waals surface area contributed by atoms with Crippen molar-refractivity contribution in [3.63, 3.8) is 0 Å². The second kappa shape index (κ2) is 4.67. The minimum atomic E-state index is 0.250. The van der Waals surface area contributed by atoms with Crippen molar-refractivity contribution in [3.05, 3.63) is 35.9 Å². The van der Waals surface area contributed by atoms with Crippen molar-refractivity contribution in [1.82, 2.24) is 10.2 Å². The highest BCUT2D eigenvalue weighted by molar-refractivity contribution is 5.15. The third-order valence-corrected chi connectivity index (χ3v) is 4.25. The van der Waals surface area contributed by atoms with Gasteiger partial charge in [0.1, 0.15) is 0 Å². The van der Waals surface area contributed by atoms with Gasteiger partial charge in [0, 0.05) is 31.2 Å². The predicted octanol–water partition coefficient (Wildman–Crippen LogP) is 2.65. The molecule has 1 atom stereocenters. The summed E-state index contributed by atoms with van der Waals surface area (Å²) in [6.45, 7) is 8.04. The van der Waals surface area contributed by atoms with E-state index in [9.17, 15) is 0 Å². The quantitative estimate of drug-likeness (QED) is 0.879. The fourth-order valence-corrected chi connectivity index (χ4v) is 3.13. The average Bonchev–Trinajstić information content (AvgIpc) is 3.13. The monoisotopic (exact) mass is 244 g/mol. The van der Waals surface area contributed by atoms with Crippen LogP contribution < -0.4 is 5.32 Å². The minimum absolute atomic E-state index is 0.250. The summed E-state index contributed by atoms with van der Waals surface area (Å²) in [6.07, 6.45) is 2.86. The number of rotatable bonds is 3. The molecular weight excluding hydrogens is 220 g/mol. The maximum Gasteiger partial charge on any atom is 0.0253 e. The van der Waals surface area contributed by atoms with Crippen molar-refractivity contribution >= 4 is 0 Å². The van der Waals surface area contributed by atoms with Crippen LogP contribution in [0.3, 0.4) is 0 Å². The Morgan fingerprint density at radius 1 is 1.22 bits per heavy atom. The molecule has 1 unspecified atom stereocenters. The summed E-state index contributed by atoms with van der Waals surface area (Å²) in [4.78, 5) is 2.70. The minimum Gasteiger partial charge on any atom is -0.309 e. The molecule has 0 aromatic heterocycles. The zero-order valence-electron chi connectivity index (χ0n) is 11.5. The highest BCUT2D eigenvalue weighted by Gasteiger charge is 2.40. The van der Waals surface area contributed by atoms with E-state index in [0.717, 1.165) is 31.6 Å². The van der Waals surface area contributed by atoms with Crippen LogP contribution in [0.1, 0.15) is 32.3 Å². The van der Waals surface area contributed by atoms with Crippen molar-refractivity contribution in [2.45, 2.75) is 44.8 Å². The lowest BCUT2D eigenvalue weighted by Crippen LogP contribution is -2.61. The summed E-state index contributed by atoms with van der Waals surface area (Å²) in [5, 5.41) is 3.70. The summed E-state index contributed by atoms with van der Waals surface area (Å²) in [7, 11) is 0. The standard InChI is InChI=1S/C16H24N2/c1-16(2)12-18(11-13-6-4-3-5-7-13)15(10-17-16)14-8-9-14/h3-7,14-15,17H,8-12H2,1-2H3. The van der Waals surface area contributed by atoms with Gasteiger partial charge in [0.05, 0.1) is 0 Å². The van der Waals surface area contributed by atoms with E-state index in [1.807, 2.05) is 0 Å². The van der Waals surface area contributed by atoms with Crippen LogP contribution in [0.25, 0.3) is 0 Å². The molecule has 2 aliphatic rings. The molecule has 0 spiro atoms. The molecule has 18 heavy (non-hydrogen) atoms. The Morgan fingerprint density at radius 2 is 1.94 bits per heavy atom. The molecule has 98 valence electrons. The third-order valence-electron chi connectivity index (χ3n) is 4.25. The van der Waals surface area contributed by atoms with Crippen LogP contribution in [0.2, 0.25) is 0 Å². The highest BCUT2D eigenvalue weighted by Crippen LogP contribution is 2.37. The molecule has 1 aromatic carbocycles. The van der Waals surface area contributed by atoms with Gasteiger partial charge in [-0.05, 0) is 38.2 Å². The van der Waals surface area contributed by atoms with E-state index in [-0.39, 0.29) is 5.54 Å². The second-order valence-corrected chi connectivity index (χ2v) is 6.56. The first-order chi connectivity index (χ1) is 8.64. The topological polar surface area (TPSA) is 15.3 Å². The zero-order chi connectivity index (χ0) is 12.6. The van der Waals surface area contributed by atoms with Crippen LogP contribution in [0.4, 0.5) is 0 Å². The van der Waals surface area contributed by atoms with Gasteiger partial charge in [-0.15, -0.1) is 0 Å². The van der Waals surface area contributed by atoms with Gasteiger partial charge >= 0.3 is 0 Å². The number of hydrogen-bond acceptors (Lipinski definition) is 2. The van der Waals surface area contributed by atoms with Crippen LogP contribution in [-0.4, -0.2) is 29.6 Å². The zero-order valence-corrected chi connectivity index (χ0v) is 11.5. The van der Waals surface area contributed by atoms with Crippen LogP contribution in [0, 0.1) is 5.92 Å². The second-order valence-electron chi connectivity index (χ2n) is 6.56. The molecule has 1 heterocycles. The van der Waals surface area contributed by atoms with Crippen LogP contribution in [0.15, 0.2) is 30.3 Å². The van der Waals surface area contributed by atoms with E-state index in [1.165, 1.54) is 18.4 Å². The Kier molecular flexibility index (Phi) is 3.16. The van der Waals surface area contributed by atoms with Crippen LogP contribution in [0.5, 0.6) is 0 Å². The maximum absolute atomic E-state index is 3.70. The third kappa shape index (κ3) is 2.76. The molecule has 2 fully saturated rings. The van der Waals surface area contributed by atoms with Gasteiger partial charge in [-0.2, -0.15) is 0 Å². The molecule has 2 heteroatoms. The van der Waals surface area contributed by atoms with Gasteiger partial charge in [0.2, 0.25) is 0 Å². The van der Waals surface area contributed by atoms with Crippen molar-refractivity contribution in [2.24, 2.45) is 5.92 Å². The number of piperazine rings is 1. The largest absolute Gasteiger partial charge is 0.309 e. The van der Waals surface area contributed by atoms with Crippen LogP contribution in [-0.2, 0) is 6.54 Å². The van der Waals surface area contributed by atoms with Gasteiger partial charge in [0.25, 0.3) is 0 Å². The SMILES string of the molecule is CC1(C)CN(Cc2ccccc2)C(C2CC2)CN1. The summed E-state index contributed by atoms with van der Waals surface area (Å²) in [5.41, 5.74) is 1.70. The predicted molar refractivity (Wildman–Crippen MR) is 75.4 cm³/mol. The molecule has 1 aliphatic carbocycles. The molecule has 0 amide bonds. The molecule has 3 rings (SSSR count). The molecule has 1 aliphatic heterocycles. The molecule has 0 bridgehead atoms. The molecule has 2 nitrogen and oxygen atoms in total. The smallest absolute Gasteiger partial charge is 0.0253 e. The van der Waals surface area contributed by atoms with Crippen LogP contribution >= 0.6 is 0 Å². The van der Waals surface area contributed by atoms with Gasteiger partial charge < -0.3 is 5.32 Å². The van der Waals surface area contributed by atoms with Crippen molar-refractivity contribution in [1.29, 1.82) is 0 Å². The maximum atomic E-state index is 3.70. The summed E-state index contributed by atoms with van der Waals surface area (Å²) in [6, 6.07) is 11.6. The van der Waals surface area contributed by atoms with Crippen molar-refractivity contribution in [2.75, 3.05) is 13.1 Å². The molecule has 1 aromatic rings. The van der Waals surface area contributed by atoms with E-state index in [0.29, 0.717) is 0 Å².